The topological polar surface area (TPSA) is 94.5 Å². The maximum absolute atomic E-state index is 13.6. The van der Waals surface area contributed by atoms with Crippen LogP contribution in [0.25, 0.3) is 0 Å². The highest BCUT2D eigenvalue weighted by Gasteiger charge is 2.53. The third-order valence-corrected chi connectivity index (χ3v) is 9.04. The molecule has 8 nitrogen and oxygen atoms in total. The number of nitrogens with one attached hydrogen (secondary N) is 1. The molecule has 0 saturated carbocycles. The molecule has 4 aliphatic heterocycles. The van der Waals surface area contributed by atoms with Crippen LogP contribution in [0.5, 0.6) is 11.5 Å². The number of carbonyl (C=O) groups excluding carboxylic acids is 1. The SMILES string of the molecule is CC(C)(C)OC(=O)N1CC2(CC(N3CCC(c4cc(F)ccc4O)CC3)CO2)C1.Cl.Oc1ccc(F)cc1C1CCNCC1. The molecule has 6 rings (SSSR count). The Kier molecular flexibility index (Phi) is 11.0. The van der Waals surface area contributed by atoms with Crippen LogP contribution in [0.4, 0.5) is 13.6 Å². The Hall–Kier alpha value is -2.66. The van der Waals surface area contributed by atoms with Crippen molar-refractivity contribution in [3.05, 3.63) is 59.2 Å². The van der Waals surface area contributed by atoms with E-state index in [1.165, 1.54) is 36.4 Å². The molecular formula is C33H46ClF2N3O5. The second kappa shape index (κ2) is 14.2. The summed E-state index contributed by atoms with van der Waals surface area (Å²) in [6.45, 7) is 11.2. The van der Waals surface area contributed by atoms with E-state index in [4.69, 9.17) is 9.47 Å². The highest BCUT2D eigenvalue weighted by molar-refractivity contribution is 5.85. The summed E-state index contributed by atoms with van der Waals surface area (Å²) in [6.07, 6.45) is 4.37. The molecule has 4 saturated heterocycles. The van der Waals surface area contributed by atoms with Gasteiger partial charge in [-0.2, -0.15) is 0 Å². The lowest BCUT2D eigenvalue weighted by Crippen LogP contribution is -2.64. The predicted octanol–water partition coefficient (Wildman–Crippen LogP) is 5.91. The molecule has 1 unspecified atom stereocenters. The van der Waals surface area contributed by atoms with E-state index in [9.17, 15) is 23.8 Å². The Labute approximate surface area is 265 Å². The minimum atomic E-state index is -0.487. The fourth-order valence-electron chi connectivity index (χ4n) is 6.79. The quantitative estimate of drug-likeness (QED) is 0.385. The number of benzene rings is 2. The van der Waals surface area contributed by atoms with Crippen LogP contribution in [0.1, 0.15) is 75.8 Å². The van der Waals surface area contributed by atoms with Gasteiger partial charge in [0.15, 0.2) is 0 Å². The lowest BCUT2D eigenvalue weighted by Gasteiger charge is -2.47. The van der Waals surface area contributed by atoms with Gasteiger partial charge in [-0.1, -0.05) is 0 Å². The molecule has 0 bridgehead atoms. The normalized spacial score (nSPS) is 22.5. The summed E-state index contributed by atoms with van der Waals surface area (Å²) in [6, 6.07) is 8.72. The monoisotopic (exact) mass is 637 g/mol. The molecule has 11 heteroatoms. The van der Waals surface area contributed by atoms with Gasteiger partial charge in [0.05, 0.1) is 19.7 Å². The Bertz CT molecular complexity index is 1270. The van der Waals surface area contributed by atoms with Crippen molar-refractivity contribution >= 4 is 18.5 Å². The zero-order chi connectivity index (χ0) is 30.8. The van der Waals surface area contributed by atoms with E-state index in [0.717, 1.165) is 69.4 Å². The smallest absolute Gasteiger partial charge is 0.410 e. The summed E-state index contributed by atoms with van der Waals surface area (Å²) in [7, 11) is 0. The first-order valence-electron chi connectivity index (χ1n) is 15.4. The molecule has 1 amide bonds. The number of halogens is 3. The van der Waals surface area contributed by atoms with Crippen LogP contribution in [-0.4, -0.2) is 89.2 Å². The highest BCUT2D eigenvalue weighted by Crippen LogP contribution is 2.40. The van der Waals surface area contributed by atoms with E-state index < -0.39 is 5.60 Å². The number of ether oxygens (including phenoxy) is 2. The number of aromatic hydroxyl groups is 2. The molecule has 2 aromatic rings. The Morgan fingerprint density at radius 2 is 1.45 bits per heavy atom. The Balaban J connectivity index is 0.000000248. The molecule has 4 aliphatic rings. The first kappa shape index (κ1) is 34.2. The minimum absolute atomic E-state index is 0. The standard InChI is InChI=1S/C22H31FN2O4.C11H14FNO.ClH/c1-21(2,3)29-20(27)25-13-22(14-25)11-17(12-28-22)24-8-6-15(7-9-24)18-10-16(23)4-5-19(18)26;12-9-1-2-11(14)10(7-9)8-3-5-13-6-4-8;/h4-5,10,15,17,26H,6-9,11-14H2,1-3H3;1-2,7-8,13-14H,3-6H2;1H. The molecule has 244 valence electrons. The first-order valence-corrected chi connectivity index (χ1v) is 15.4. The number of phenols is 2. The second-order valence-electron chi connectivity index (χ2n) is 13.4. The summed E-state index contributed by atoms with van der Waals surface area (Å²) >= 11 is 0. The van der Waals surface area contributed by atoms with Crippen LogP contribution in [0.2, 0.25) is 0 Å². The van der Waals surface area contributed by atoms with Crippen molar-refractivity contribution in [1.29, 1.82) is 0 Å². The minimum Gasteiger partial charge on any atom is -0.508 e. The van der Waals surface area contributed by atoms with Gasteiger partial charge in [-0.25, -0.2) is 13.6 Å². The number of hydrogen-bond donors (Lipinski definition) is 3. The number of nitrogens with zero attached hydrogens (tertiary/aromatic N) is 2. The van der Waals surface area contributed by atoms with Gasteiger partial charge >= 0.3 is 6.09 Å². The lowest BCUT2D eigenvalue weighted by molar-refractivity contribution is -0.109. The van der Waals surface area contributed by atoms with Crippen molar-refractivity contribution in [2.24, 2.45) is 0 Å². The molecule has 0 radical (unpaired) electrons. The average molecular weight is 638 g/mol. The van der Waals surface area contributed by atoms with Gasteiger partial charge < -0.3 is 29.9 Å². The number of phenolic OH excluding ortho intramolecular Hbond substituents is 2. The van der Waals surface area contributed by atoms with Gasteiger partial charge in [0.2, 0.25) is 0 Å². The average Bonchev–Trinajstić information content (AvgIpc) is 3.41. The number of amides is 1. The van der Waals surface area contributed by atoms with Crippen molar-refractivity contribution in [2.45, 2.75) is 82.0 Å². The van der Waals surface area contributed by atoms with Crippen LogP contribution in [0.3, 0.4) is 0 Å². The summed E-state index contributed by atoms with van der Waals surface area (Å²) in [5, 5.41) is 22.9. The Morgan fingerprint density at radius 3 is 1.98 bits per heavy atom. The first-order chi connectivity index (χ1) is 20.4. The molecule has 0 aromatic heterocycles. The van der Waals surface area contributed by atoms with Gasteiger partial charge in [-0.05, 0) is 138 Å². The molecule has 2 aromatic carbocycles. The molecule has 0 aliphatic carbocycles. The van der Waals surface area contributed by atoms with E-state index in [-0.39, 0.29) is 53.2 Å². The molecule has 44 heavy (non-hydrogen) atoms. The van der Waals surface area contributed by atoms with E-state index in [1.54, 1.807) is 4.90 Å². The van der Waals surface area contributed by atoms with E-state index in [1.807, 2.05) is 20.8 Å². The van der Waals surface area contributed by atoms with Crippen molar-refractivity contribution in [2.75, 3.05) is 45.9 Å². The number of hydrogen-bond acceptors (Lipinski definition) is 7. The number of piperidine rings is 2. The van der Waals surface area contributed by atoms with Crippen molar-refractivity contribution in [3.63, 3.8) is 0 Å². The van der Waals surface area contributed by atoms with E-state index in [0.29, 0.717) is 31.7 Å². The Morgan fingerprint density at radius 1 is 0.932 bits per heavy atom. The van der Waals surface area contributed by atoms with Crippen molar-refractivity contribution in [3.8, 4) is 11.5 Å². The number of rotatable bonds is 3. The van der Waals surface area contributed by atoms with Crippen molar-refractivity contribution in [1.82, 2.24) is 15.1 Å². The lowest BCUT2D eigenvalue weighted by atomic mass is 9.86. The van der Waals surface area contributed by atoms with E-state index in [2.05, 4.69) is 10.2 Å². The molecule has 1 atom stereocenters. The molecule has 1 spiro atoms. The van der Waals surface area contributed by atoms with Gasteiger partial charge in [0.1, 0.15) is 34.3 Å². The van der Waals surface area contributed by atoms with Crippen molar-refractivity contribution < 1.29 is 33.3 Å². The van der Waals surface area contributed by atoms with Gasteiger partial charge in [0.25, 0.3) is 0 Å². The second-order valence-corrected chi connectivity index (χ2v) is 13.4. The molecular weight excluding hydrogens is 592 g/mol. The van der Waals surface area contributed by atoms with Gasteiger partial charge in [-0.3, -0.25) is 4.90 Å². The summed E-state index contributed by atoms with van der Waals surface area (Å²) in [4.78, 5) is 16.3. The van der Waals surface area contributed by atoms with Gasteiger partial charge in [-0.15, -0.1) is 12.4 Å². The summed E-state index contributed by atoms with van der Waals surface area (Å²) < 4.78 is 38.1. The zero-order valence-electron chi connectivity index (χ0n) is 25.9. The zero-order valence-corrected chi connectivity index (χ0v) is 26.7. The van der Waals surface area contributed by atoms with E-state index >= 15 is 0 Å². The maximum atomic E-state index is 13.6. The molecule has 4 heterocycles. The summed E-state index contributed by atoms with van der Waals surface area (Å²) in [5.41, 5.74) is 0.751. The van der Waals surface area contributed by atoms with Crippen LogP contribution < -0.4 is 5.32 Å². The third kappa shape index (κ3) is 8.33. The van der Waals surface area contributed by atoms with Crippen LogP contribution in [0, 0.1) is 11.6 Å². The van der Waals surface area contributed by atoms with Crippen LogP contribution in [0.15, 0.2) is 36.4 Å². The van der Waals surface area contributed by atoms with Crippen LogP contribution >= 0.6 is 12.4 Å². The summed E-state index contributed by atoms with van der Waals surface area (Å²) in [5.74, 6) is 0.321. The maximum Gasteiger partial charge on any atom is 0.410 e. The largest absolute Gasteiger partial charge is 0.508 e. The fraction of sp³-hybridized carbons (Fsp3) is 0.606. The number of likely N-dealkylation sites (tertiary alicyclic amines) is 2. The number of carbonyl (C=O) groups is 1. The molecule has 3 N–H and O–H groups in total. The fourth-order valence-corrected chi connectivity index (χ4v) is 6.79. The van der Waals surface area contributed by atoms with Gasteiger partial charge in [0, 0.05) is 6.04 Å². The third-order valence-electron chi connectivity index (χ3n) is 9.04. The highest BCUT2D eigenvalue weighted by atomic mass is 35.5. The van der Waals surface area contributed by atoms with Crippen LogP contribution in [-0.2, 0) is 9.47 Å². The molecule has 4 fully saturated rings. The predicted molar refractivity (Wildman–Crippen MR) is 167 cm³/mol.